The molecule has 2 heterocycles. The fourth-order valence-electron chi connectivity index (χ4n) is 2.36. The molecule has 0 aliphatic rings. The Bertz CT molecular complexity index is 816. The van der Waals surface area contributed by atoms with Crippen LogP contribution in [0.3, 0.4) is 0 Å². The third-order valence-electron chi connectivity index (χ3n) is 3.55. The van der Waals surface area contributed by atoms with E-state index >= 15 is 0 Å². The van der Waals surface area contributed by atoms with Gasteiger partial charge in [0.25, 0.3) is 5.91 Å². The molecule has 0 spiro atoms. The number of hydrogen-bond donors (Lipinski definition) is 1. The first kappa shape index (κ1) is 15.2. The molecule has 0 radical (unpaired) electrons. The summed E-state index contributed by atoms with van der Waals surface area (Å²) in [7, 11) is 1.88. The minimum Gasteiger partial charge on any atom is -0.338 e. The van der Waals surface area contributed by atoms with Crippen molar-refractivity contribution >= 4 is 17.5 Å². The second-order valence-electron chi connectivity index (χ2n) is 5.06. The number of rotatable bonds is 4. The molecule has 0 saturated heterocycles. The predicted molar refractivity (Wildman–Crippen MR) is 88.2 cm³/mol. The quantitative estimate of drug-likeness (QED) is 0.801. The minimum atomic E-state index is -0.440. The molecule has 3 aromatic rings. The van der Waals surface area contributed by atoms with E-state index in [-0.39, 0.29) is 5.91 Å². The number of imidazole rings is 1. The highest BCUT2D eigenvalue weighted by atomic mass is 35.5. The zero-order valence-electron chi connectivity index (χ0n) is 12.5. The van der Waals surface area contributed by atoms with Crippen LogP contribution in [0.4, 0.5) is 0 Å². The molecule has 0 fully saturated rings. The lowest BCUT2D eigenvalue weighted by molar-refractivity contribution is 0.0941. The molecule has 0 aliphatic heterocycles. The molecule has 2 aromatic heterocycles. The van der Waals surface area contributed by atoms with E-state index in [1.54, 1.807) is 36.8 Å². The summed E-state index contributed by atoms with van der Waals surface area (Å²) < 4.78 is 1.86. The predicted octanol–water partition coefficient (Wildman–Crippen LogP) is 2.99. The molecule has 1 amide bonds. The van der Waals surface area contributed by atoms with Crippen molar-refractivity contribution in [1.82, 2.24) is 19.9 Å². The molecule has 1 N–H and O–H groups in total. The Balaban J connectivity index is 1.98. The van der Waals surface area contributed by atoms with Crippen LogP contribution in [0.2, 0.25) is 5.02 Å². The first-order valence-electron chi connectivity index (χ1n) is 7.09. The number of pyridine rings is 1. The Morgan fingerprint density at radius 2 is 1.91 bits per heavy atom. The summed E-state index contributed by atoms with van der Waals surface area (Å²) >= 11 is 6.32. The van der Waals surface area contributed by atoms with Crippen LogP contribution in [0.5, 0.6) is 0 Å². The molecule has 0 bridgehead atoms. The van der Waals surface area contributed by atoms with Gasteiger partial charge in [0.15, 0.2) is 0 Å². The number of carbonyl (C=O) groups is 1. The topological polar surface area (TPSA) is 59.8 Å². The third-order valence-corrected chi connectivity index (χ3v) is 3.90. The van der Waals surface area contributed by atoms with Gasteiger partial charge in [0.2, 0.25) is 0 Å². The van der Waals surface area contributed by atoms with Crippen molar-refractivity contribution in [2.45, 2.75) is 6.04 Å². The second kappa shape index (κ2) is 6.62. The zero-order valence-corrected chi connectivity index (χ0v) is 13.2. The Morgan fingerprint density at radius 1 is 1.17 bits per heavy atom. The number of aromatic nitrogens is 3. The Labute approximate surface area is 139 Å². The van der Waals surface area contributed by atoms with Gasteiger partial charge in [-0.1, -0.05) is 29.8 Å². The minimum absolute atomic E-state index is 0.208. The maximum Gasteiger partial charge on any atom is 0.252 e. The Hall–Kier alpha value is -2.66. The van der Waals surface area contributed by atoms with E-state index in [1.807, 2.05) is 36.0 Å². The standard InChI is InChI=1S/C17H15ClN4O/c1-22-11-10-20-16(22)15(13-4-2-3-5-14(13)18)21-17(23)12-6-8-19-9-7-12/h2-11,15H,1H3,(H,21,23). The largest absolute Gasteiger partial charge is 0.338 e. The lowest BCUT2D eigenvalue weighted by atomic mass is 10.1. The average Bonchev–Trinajstić information content (AvgIpc) is 3.00. The summed E-state index contributed by atoms with van der Waals surface area (Å²) in [6.45, 7) is 0. The fraction of sp³-hybridized carbons (Fsp3) is 0.118. The lowest BCUT2D eigenvalue weighted by Gasteiger charge is -2.20. The molecule has 0 saturated carbocycles. The van der Waals surface area contributed by atoms with Crippen LogP contribution < -0.4 is 5.32 Å². The molecule has 6 heteroatoms. The SMILES string of the molecule is Cn1ccnc1C(NC(=O)c1ccncc1)c1ccccc1Cl. The van der Waals surface area contributed by atoms with Crippen molar-refractivity contribution in [3.05, 3.63) is 83.2 Å². The molecule has 1 atom stereocenters. The van der Waals surface area contributed by atoms with E-state index in [0.717, 1.165) is 5.56 Å². The zero-order chi connectivity index (χ0) is 16.2. The van der Waals surface area contributed by atoms with Crippen LogP contribution in [0.15, 0.2) is 61.2 Å². The Morgan fingerprint density at radius 3 is 2.57 bits per heavy atom. The number of amides is 1. The smallest absolute Gasteiger partial charge is 0.252 e. The molecule has 3 rings (SSSR count). The van der Waals surface area contributed by atoms with Gasteiger partial charge in [-0.2, -0.15) is 0 Å². The number of hydrogen-bond acceptors (Lipinski definition) is 3. The molecular weight excluding hydrogens is 312 g/mol. The summed E-state index contributed by atoms with van der Waals surface area (Å²) in [5, 5.41) is 3.58. The molecule has 1 aromatic carbocycles. The summed E-state index contributed by atoms with van der Waals surface area (Å²) in [5.74, 6) is 0.501. The van der Waals surface area contributed by atoms with E-state index in [0.29, 0.717) is 16.4 Å². The monoisotopic (exact) mass is 326 g/mol. The highest BCUT2D eigenvalue weighted by molar-refractivity contribution is 6.31. The normalized spacial score (nSPS) is 11.9. The Kier molecular flexibility index (Phi) is 4.39. The number of carbonyl (C=O) groups excluding carboxylic acids is 1. The van der Waals surface area contributed by atoms with Crippen LogP contribution in [-0.2, 0) is 7.05 Å². The van der Waals surface area contributed by atoms with Crippen molar-refractivity contribution in [3.63, 3.8) is 0 Å². The van der Waals surface area contributed by atoms with Crippen LogP contribution in [0.25, 0.3) is 0 Å². The summed E-state index contributed by atoms with van der Waals surface area (Å²) in [4.78, 5) is 20.8. The van der Waals surface area contributed by atoms with Crippen molar-refractivity contribution in [3.8, 4) is 0 Å². The number of benzene rings is 1. The maximum atomic E-state index is 12.5. The number of aryl methyl sites for hydroxylation is 1. The molecule has 116 valence electrons. The van der Waals surface area contributed by atoms with Gasteiger partial charge < -0.3 is 9.88 Å². The van der Waals surface area contributed by atoms with Crippen molar-refractivity contribution < 1.29 is 4.79 Å². The lowest BCUT2D eigenvalue weighted by Crippen LogP contribution is -2.31. The van der Waals surface area contributed by atoms with Gasteiger partial charge in [-0.3, -0.25) is 9.78 Å². The summed E-state index contributed by atoms with van der Waals surface area (Å²) in [6, 6.07) is 10.3. The van der Waals surface area contributed by atoms with Crippen molar-refractivity contribution in [1.29, 1.82) is 0 Å². The molecule has 5 nitrogen and oxygen atoms in total. The van der Waals surface area contributed by atoms with Gasteiger partial charge in [-0.15, -0.1) is 0 Å². The molecule has 1 unspecified atom stereocenters. The highest BCUT2D eigenvalue weighted by Crippen LogP contribution is 2.27. The van der Waals surface area contributed by atoms with Crippen molar-refractivity contribution in [2.24, 2.45) is 7.05 Å². The third kappa shape index (κ3) is 3.24. The number of halogens is 1. The van der Waals surface area contributed by atoms with Crippen LogP contribution in [0.1, 0.15) is 27.8 Å². The van der Waals surface area contributed by atoms with Gasteiger partial charge in [0.1, 0.15) is 11.9 Å². The number of nitrogens with zero attached hydrogens (tertiary/aromatic N) is 3. The first-order valence-corrected chi connectivity index (χ1v) is 7.47. The fourth-order valence-corrected chi connectivity index (χ4v) is 2.61. The van der Waals surface area contributed by atoms with Crippen molar-refractivity contribution in [2.75, 3.05) is 0 Å². The van der Waals surface area contributed by atoms with E-state index in [9.17, 15) is 4.79 Å². The van der Waals surface area contributed by atoms with Gasteiger partial charge >= 0.3 is 0 Å². The molecular formula is C17H15ClN4O. The summed E-state index contributed by atoms with van der Waals surface area (Å²) in [5.41, 5.74) is 1.33. The maximum absolute atomic E-state index is 12.5. The van der Waals surface area contributed by atoms with Crippen LogP contribution in [-0.4, -0.2) is 20.4 Å². The molecule has 23 heavy (non-hydrogen) atoms. The van der Waals surface area contributed by atoms with Gasteiger partial charge in [-0.05, 0) is 18.2 Å². The van der Waals surface area contributed by atoms with E-state index in [2.05, 4.69) is 15.3 Å². The van der Waals surface area contributed by atoms with E-state index in [4.69, 9.17) is 11.6 Å². The summed E-state index contributed by atoms with van der Waals surface area (Å²) in [6.07, 6.45) is 6.69. The second-order valence-corrected chi connectivity index (χ2v) is 5.47. The van der Waals surface area contributed by atoms with Crippen LogP contribution in [0, 0.1) is 0 Å². The van der Waals surface area contributed by atoms with Crippen LogP contribution >= 0.6 is 11.6 Å². The van der Waals surface area contributed by atoms with E-state index in [1.165, 1.54) is 0 Å². The number of nitrogens with one attached hydrogen (secondary N) is 1. The van der Waals surface area contributed by atoms with E-state index < -0.39 is 6.04 Å². The van der Waals surface area contributed by atoms with Gasteiger partial charge in [0, 0.05) is 48.0 Å². The molecule has 0 aliphatic carbocycles. The van der Waals surface area contributed by atoms with Gasteiger partial charge in [0.05, 0.1) is 0 Å². The van der Waals surface area contributed by atoms with Gasteiger partial charge in [-0.25, -0.2) is 4.98 Å². The highest BCUT2D eigenvalue weighted by Gasteiger charge is 2.23. The first-order chi connectivity index (χ1) is 11.2. The average molecular weight is 327 g/mol.